The van der Waals surface area contributed by atoms with Gasteiger partial charge in [-0.2, -0.15) is 8.78 Å². The van der Waals surface area contributed by atoms with E-state index in [1.165, 1.54) is 18.3 Å². The Labute approximate surface area is 162 Å². The van der Waals surface area contributed by atoms with E-state index in [1.54, 1.807) is 0 Å². The van der Waals surface area contributed by atoms with Gasteiger partial charge in [0.1, 0.15) is 0 Å². The highest BCUT2D eigenvalue weighted by Crippen LogP contribution is 2.30. The van der Waals surface area contributed by atoms with E-state index in [2.05, 4.69) is 10.1 Å². The molecular weight excluding hydrogens is 390 g/mol. The number of hydrogen-bond acceptors (Lipinski definition) is 4. The second kappa shape index (κ2) is 7.42. The fourth-order valence-corrected chi connectivity index (χ4v) is 3.10. The number of hydrogen-bond donors (Lipinski definition) is 1. The van der Waals surface area contributed by atoms with Crippen LogP contribution in [-0.4, -0.2) is 20.9 Å². The molecular formula is C20H13F4N3O2. The van der Waals surface area contributed by atoms with Crippen LogP contribution in [0.2, 0.25) is 0 Å². The van der Waals surface area contributed by atoms with E-state index in [-0.39, 0.29) is 17.8 Å². The van der Waals surface area contributed by atoms with Crippen molar-refractivity contribution in [2.75, 3.05) is 0 Å². The van der Waals surface area contributed by atoms with Crippen LogP contribution >= 0.6 is 0 Å². The summed E-state index contributed by atoms with van der Waals surface area (Å²) in [5.74, 6) is -7.77. The molecule has 3 aromatic rings. The average molecular weight is 403 g/mol. The van der Waals surface area contributed by atoms with Crippen LogP contribution in [0.5, 0.6) is 11.6 Å². The molecule has 0 saturated heterocycles. The van der Waals surface area contributed by atoms with E-state index < -0.39 is 29.0 Å². The Balaban J connectivity index is 1.56. The molecule has 1 aromatic heterocycles. The van der Waals surface area contributed by atoms with Gasteiger partial charge in [0.2, 0.25) is 23.3 Å². The van der Waals surface area contributed by atoms with Gasteiger partial charge >= 0.3 is 0 Å². The standard InChI is InChI=1S/C20H13F4N3O2/c21-14-7-15(22)18(24)19(17(14)23)29-16-6-5-11(8-25-16)20(26-28)27-9-12-3-1-2-4-13(12)10-27/h1-8,28H,9-10H2/b26-20-. The van der Waals surface area contributed by atoms with Gasteiger partial charge in [-0.25, -0.2) is 13.8 Å². The second-order valence-corrected chi connectivity index (χ2v) is 6.33. The molecule has 4 rings (SSSR count). The van der Waals surface area contributed by atoms with Crippen molar-refractivity contribution in [3.8, 4) is 11.6 Å². The van der Waals surface area contributed by atoms with Crippen LogP contribution in [0.4, 0.5) is 17.6 Å². The quantitative estimate of drug-likeness (QED) is 0.174. The molecule has 0 atom stereocenters. The molecule has 0 aliphatic carbocycles. The molecule has 0 radical (unpaired) electrons. The Hall–Kier alpha value is -3.62. The Morgan fingerprint density at radius 1 is 0.966 bits per heavy atom. The minimum atomic E-state index is -1.66. The highest BCUT2D eigenvalue weighted by molar-refractivity contribution is 5.98. The number of ether oxygens (including phenoxy) is 1. The third-order valence-electron chi connectivity index (χ3n) is 4.51. The fourth-order valence-electron chi connectivity index (χ4n) is 3.10. The number of oxime groups is 1. The predicted molar refractivity (Wildman–Crippen MR) is 94.6 cm³/mol. The third-order valence-corrected chi connectivity index (χ3v) is 4.51. The van der Waals surface area contributed by atoms with E-state index in [0.29, 0.717) is 18.7 Å². The summed E-state index contributed by atoms with van der Waals surface area (Å²) in [6.07, 6.45) is 1.26. The number of benzene rings is 2. The van der Waals surface area contributed by atoms with Crippen LogP contribution in [0.25, 0.3) is 0 Å². The third kappa shape index (κ3) is 3.46. The summed E-state index contributed by atoms with van der Waals surface area (Å²) in [4.78, 5) is 5.71. The van der Waals surface area contributed by atoms with Crippen LogP contribution in [0.3, 0.4) is 0 Å². The van der Waals surface area contributed by atoms with Crippen LogP contribution in [0.15, 0.2) is 53.8 Å². The van der Waals surface area contributed by atoms with Crippen molar-refractivity contribution in [1.29, 1.82) is 0 Å². The lowest BCUT2D eigenvalue weighted by molar-refractivity contribution is 0.301. The summed E-state index contributed by atoms with van der Waals surface area (Å²) in [7, 11) is 0. The van der Waals surface area contributed by atoms with Crippen molar-refractivity contribution in [2.24, 2.45) is 5.16 Å². The molecule has 9 heteroatoms. The Morgan fingerprint density at radius 3 is 2.10 bits per heavy atom. The van der Waals surface area contributed by atoms with Gasteiger partial charge in [0.05, 0.1) is 0 Å². The maximum Gasteiger partial charge on any atom is 0.219 e. The molecule has 29 heavy (non-hydrogen) atoms. The number of fused-ring (bicyclic) bond motifs is 1. The molecule has 0 bridgehead atoms. The molecule has 0 saturated carbocycles. The van der Waals surface area contributed by atoms with Crippen LogP contribution in [0, 0.1) is 23.3 Å². The van der Waals surface area contributed by atoms with Gasteiger partial charge < -0.3 is 14.8 Å². The number of rotatable bonds is 3. The van der Waals surface area contributed by atoms with Crippen molar-refractivity contribution in [3.63, 3.8) is 0 Å². The van der Waals surface area contributed by atoms with E-state index in [4.69, 9.17) is 4.74 Å². The van der Waals surface area contributed by atoms with E-state index >= 15 is 0 Å². The highest BCUT2D eigenvalue weighted by Gasteiger charge is 2.24. The average Bonchev–Trinajstić information content (AvgIpc) is 3.15. The predicted octanol–water partition coefficient (Wildman–Crippen LogP) is 4.58. The van der Waals surface area contributed by atoms with Crippen molar-refractivity contribution in [1.82, 2.24) is 9.88 Å². The zero-order valence-corrected chi connectivity index (χ0v) is 14.7. The van der Waals surface area contributed by atoms with Crippen LogP contribution in [-0.2, 0) is 13.1 Å². The van der Waals surface area contributed by atoms with Gasteiger partial charge in [-0.1, -0.05) is 29.4 Å². The number of nitrogens with zero attached hydrogens (tertiary/aromatic N) is 3. The first kappa shape index (κ1) is 18.7. The summed E-state index contributed by atoms with van der Waals surface area (Å²) in [6, 6.07) is 10.6. The van der Waals surface area contributed by atoms with Crippen molar-refractivity contribution in [2.45, 2.75) is 13.1 Å². The maximum absolute atomic E-state index is 13.7. The summed E-state index contributed by atoms with van der Waals surface area (Å²) >= 11 is 0. The van der Waals surface area contributed by atoms with Gasteiger partial charge in [0.25, 0.3) is 0 Å². The van der Waals surface area contributed by atoms with Crippen molar-refractivity contribution in [3.05, 3.63) is 88.6 Å². The van der Waals surface area contributed by atoms with Gasteiger partial charge in [-0.05, 0) is 17.2 Å². The lowest BCUT2D eigenvalue weighted by Gasteiger charge is -2.18. The molecule has 2 heterocycles. The monoisotopic (exact) mass is 403 g/mol. The Kier molecular flexibility index (Phi) is 4.79. The summed E-state index contributed by atoms with van der Waals surface area (Å²) < 4.78 is 58.9. The minimum absolute atomic E-state index is 0.0894. The van der Waals surface area contributed by atoms with Gasteiger partial charge in [0.15, 0.2) is 17.5 Å². The summed E-state index contributed by atoms with van der Waals surface area (Å²) in [5, 5.41) is 12.8. The summed E-state index contributed by atoms with van der Waals surface area (Å²) in [5.41, 5.74) is 2.61. The van der Waals surface area contributed by atoms with Gasteiger partial charge in [0, 0.05) is 37.0 Å². The van der Waals surface area contributed by atoms with E-state index in [0.717, 1.165) is 11.1 Å². The second-order valence-electron chi connectivity index (χ2n) is 6.33. The molecule has 5 nitrogen and oxygen atoms in total. The van der Waals surface area contributed by atoms with E-state index in [9.17, 15) is 22.8 Å². The lowest BCUT2D eigenvalue weighted by atomic mass is 10.1. The normalized spacial score (nSPS) is 13.5. The maximum atomic E-state index is 13.7. The molecule has 148 valence electrons. The van der Waals surface area contributed by atoms with Crippen molar-refractivity contribution < 1.29 is 27.5 Å². The largest absolute Gasteiger partial charge is 0.433 e. The first-order valence-corrected chi connectivity index (χ1v) is 8.49. The number of aromatic nitrogens is 1. The summed E-state index contributed by atoms with van der Waals surface area (Å²) in [6.45, 7) is 1.07. The van der Waals surface area contributed by atoms with Crippen molar-refractivity contribution >= 4 is 5.84 Å². The van der Waals surface area contributed by atoms with Gasteiger partial charge in [-0.3, -0.25) is 0 Å². The minimum Gasteiger partial charge on any atom is -0.433 e. The Bertz CT molecular complexity index is 1050. The lowest BCUT2D eigenvalue weighted by Crippen LogP contribution is -2.26. The van der Waals surface area contributed by atoms with E-state index in [1.807, 2.05) is 29.2 Å². The van der Waals surface area contributed by atoms with Crippen LogP contribution in [0.1, 0.15) is 16.7 Å². The zero-order chi connectivity index (χ0) is 20.5. The molecule has 0 unspecified atom stereocenters. The SMILES string of the molecule is O/N=C(/c1ccc(Oc2c(F)c(F)cc(F)c2F)nc1)N1Cc2ccccc2C1. The Morgan fingerprint density at radius 2 is 1.59 bits per heavy atom. The molecule has 1 aliphatic rings. The highest BCUT2D eigenvalue weighted by atomic mass is 19.2. The molecule has 0 amide bonds. The number of amidine groups is 1. The zero-order valence-electron chi connectivity index (χ0n) is 14.7. The molecule has 1 N–H and O–H groups in total. The molecule has 0 fully saturated rings. The topological polar surface area (TPSA) is 58.0 Å². The molecule has 0 spiro atoms. The number of halogens is 4. The molecule has 1 aliphatic heterocycles. The van der Waals surface area contributed by atoms with Crippen LogP contribution < -0.4 is 4.74 Å². The molecule has 2 aromatic carbocycles. The van der Waals surface area contributed by atoms with Gasteiger partial charge in [-0.15, -0.1) is 0 Å². The number of pyridine rings is 1. The first-order valence-electron chi connectivity index (χ1n) is 8.49. The fraction of sp³-hybridized carbons (Fsp3) is 0.100. The smallest absolute Gasteiger partial charge is 0.219 e. The first-order chi connectivity index (χ1) is 14.0.